The Kier molecular flexibility index (Phi) is 6.01. The van der Waals surface area contributed by atoms with Crippen molar-refractivity contribution in [2.75, 3.05) is 13.2 Å². The SMILES string of the molecule is CCC(CCO)CNC(=O)Cn1ccc(=O)[nH]c1=O. The molecule has 1 amide bonds. The summed E-state index contributed by atoms with van der Waals surface area (Å²) in [6.07, 6.45) is 2.78. The molecule has 0 saturated carbocycles. The molecular formula is C12H19N3O4. The van der Waals surface area contributed by atoms with Crippen LogP contribution in [0.2, 0.25) is 0 Å². The lowest BCUT2D eigenvalue weighted by Gasteiger charge is -2.14. The Morgan fingerprint density at radius 2 is 2.26 bits per heavy atom. The van der Waals surface area contributed by atoms with E-state index in [1.807, 2.05) is 6.92 Å². The minimum atomic E-state index is -0.606. The monoisotopic (exact) mass is 269 g/mol. The molecule has 0 aromatic carbocycles. The molecule has 0 bridgehead atoms. The molecule has 0 aliphatic heterocycles. The van der Waals surface area contributed by atoms with Crippen LogP contribution in [-0.2, 0) is 11.3 Å². The summed E-state index contributed by atoms with van der Waals surface area (Å²) in [5.41, 5.74) is -1.10. The van der Waals surface area contributed by atoms with Crippen molar-refractivity contribution in [3.05, 3.63) is 33.1 Å². The highest BCUT2D eigenvalue weighted by Gasteiger charge is 2.09. The quantitative estimate of drug-likeness (QED) is 0.594. The van der Waals surface area contributed by atoms with E-state index in [-0.39, 0.29) is 25.0 Å². The van der Waals surface area contributed by atoms with Gasteiger partial charge in [0.1, 0.15) is 6.54 Å². The number of aromatic nitrogens is 2. The van der Waals surface area contributed by atoms with E-state index >= 15 is 0 Å². The van der Waals surface area contributed by atoms with E-state index in [9.17, 15) is 14.4 Å². The zero-order valence-electron chi connectivity index (χ0n) is 10.9. The van der Waals surface area contributed by atoms with Gasteiger partial charge in [0, 0.05) is 25.4 Å². The van der Waals surface area contributed by atoms with Crippen LogP contribution < -0.4 is 16.6 Å². The Hall–Kier alpha value is -1.89. The molecule has 3 N–H and O–H groups in total. The number of H-pyrrole nitrogens is 1. The van der Waals surface area contributed by atoms with Gasteiger partial charge in [0.05, 0.1) is 0 Å². The maximum absolute atomic E-state index is 11.6. The predicted molar refractivity (Wildman–Crippen MR) is 69.8 cm³/mol. The van der Waals surface area contributed by atoms with Crippen molar-refractivity contribution in [3.8, 4) is 0 Å². The largest absolute Gasteiger partial charge is 0.396 e. The molecule has 1 aromatic heterocycles. The van der Waals surface area contributed by atoms with Crippen LogP contribution in [0.1, 0.15) is 19.8 Å². The van der Waals surface area contributed by atoms with Crippen LogP contribution in [-0.4, -0.2) is 33.7 Å². The summed E-state index contributed by atoms with van der Waals surface area (Å²) in [7, 11) is 0. The molecule has 19 heavy (non-hydrogen) atoms. The third kappa shape index (κ3) is 5.09. The van der Waals surface area contributed by atoms with E-state index < -0.39 is 11.2 Å². The van der Waals surface area contributed by atoms with Crippen molar-refractivity contribution in [2.24, 2.45) is 5.92 Å². The zero-order chi connectivity index (χ0) is 14.3. The molecule has 0 spiro atoms. The molecule has 1 rings (SSSR count). The van der Waals surface area contributed by atoms with Gasteiger partial charge in [0.15, 0.2) is 0 Å². The summed E-state index contributed by atoms with van der Waals surface area (Å²) in [5, 5.41) is 11.5. The molecule has 7 heteroatoms. The van der Waals surface area contributed by atoms with Crippen molar-refractivity contribution < 1.29 is 9.90 Å². The Balaban J connectivity index is 2.51. The fourth-order valence-corrected chi connectivity index (χ4v) is 1.67. The smallest absolute Gasteiger partial charge is 0.328 e. The number of hydrogen-bond acceptors (Lipinski definition) is 4. The maximum atomic E-state index is 11.6. The van der Waals surface area contributed by atoms with Gasteiger partial charge in [-0.2, -0.15) is 0 Å². The first-order valence-electron chi connectivity index (χ1n) is 6.24. The second-order valence-electron chi connectivity index (χ2n) is 4.33. The summed E-state index contributed by atoms with van der Waals surface area (Å²) >= 11 is 0. The van der Waals surface area contributed by atoms with E-state index in [0.29, 0.717) is 13.0 Å². The van der Waals surface area contributed by atoms with Crippen molar-refractivity contribution >= 4 is 5.91 Å². The Morgan fingerprint density at radius 3 is 2.84 bits per heavy atom. The van der Waals surface area contributed by atoms with Crippen LogP contribution >= 0.6 is 0 Å². The number of carbonyl (C=O) groups excluding carboxylic acids is 1. The fraction of sp³-hybridized carbons (Fsp3) is 0.583. The van der Waals surface area contributed by atoms with Gasteiger partial charge >= 0.3 is 5.69 Å². The van der Waals surface area contributed by atoms with E-state index in [1.54, 1.807) is 0 Å². The van der Waals surface area contributed by atoms with Gasteiger partial charge in [0.25, 0.3) is 5.56 Å². The molecule has 0 aliphatic rings. The van der Waals surface area contributed by atoms with E-state index in [1.165, 1.54) is 12.3 Å². The van der Waals surface area contributed by atoms with Gasteiger partial charge in [-0.25, -0.2) is 4.79 Å². The number of aromatic amines is 1. The van der Waals surface area contributed by atoms with Crippen LogP contribution in [0.25, 0.3) is 0 Å². The van der Waals surface area contributed by atoms with Crippen LogP contribution in [0, 0.1) is 5.92 Å². The highest BCUT2D eigenvalue weighted by Crippen LogP contribution is 2.05. The van der Waals surface area contributed by atoms with Gasteiger partial charge in [-0.05, 0) is 12.3 Å². The predicted octanol–water partition coefficient (Wildman–Crippen LogP) is -0.939. The first-order chi connectivity index (χ1) is 9.06. The van der Waals surface area contributed by atoms with Crippen LogP contribution in [0.4, 0.5) is 0 Å². The number of amides is 1. The number of hydrogen-bond donors (Lipinski definition) is 3. The number of rotatable bonds is 7. The summed E-state index contributed by atoms with van der Waals surface area (Å²) in [6.45, 7) is 2.41. The van der Waals surface area contributed by atoms with E-state index in [4.69, 9.17) is 5.11 Å². The molecule has 7 nitrogen and oxygen atoms in total. The lowest BCUT2D eigenvalue weighted by Crippen LogP contribution is -2.37. The summed E-state index contributed by atoms with van der Waals surface area (Å²) < 4.78 is 1.13. The average molecular weight is 269 g/mol. The third-order valence-corrected chi connectivity index (χ3v) is 2.91. The van der Waals surface area contributed by atoms with Crippen LogP contribution in [0.3, 0.4) is 0 Å². The summed E-state index contributed by atoms with van der Waals surface area (Å²) in [5.74, 6) is -0.0770. The fourth-order valence-electron chi connectivity index (χ4n) is 1.67. The zero-order valence-corrected chi connectivity index (χ0v) is 10.9. The standard InChI is InChI=1S/C12H19N3O4/c1-2-9(4-6-16)7-13-11(18)8-15-5-3-10(17)14-12(15)19/h3,5,9,16H,2,4,6-8H2,1H3,(H,13,18)(H,14,17,19). The lowest BCUT2D eigenvalue weighted by molar-refractivity contribution is -0.121. The molecule has 0 saturated heterocycles. The maximum Gasteiger partial charge on any atom is 0.328 e. The minimum absolute atomic E-state index is 0.0910. The molecule has 0 aliphatic carbocycles. The van der Waals surface area contributed by atoms with E-state index in [0.717, 1.165) is 11.0 Å². The van der Waals surface area contributed by atoms with Crippen molar-refractivity contribution in [1.82, 2.24) is 14.9 Å². The molecule has 0 radical (unpaired) electrons. The van der Waals surface area contributed by atoms with Crippen LogP contribution in [0.15, 0.2) is 21.9 Å². The highest BCUT2D eigenvalue weighted by atomic mass is 16.3. The topological polar surface area (TPSA) is 104 Å². The minimum Gasteiger partial charge on any atom is -0.396 e. The van der Waals surface area contributed by atoms with E-state index in [2.05, 4.69) is 10.3 Å². The summed E-state index contributed by atoms with van der Waals surface area (Å²) in [6, 6.07) is 1.19. The van der Waals surface area contributed by atoms with Gasteiger partial charge in [-0.3, -0.25) is 19.1 Å². The number of aliphatic hydroxyl groups is 1. The molecule has 1 aromatic rings. The van der Waals surface area contributed by atoms with Crippen molar-refractivity contribution in [2.45, 2.75) is 26.3 Å². The number of carbonyl (C=O) groups is 1. The first-order valence-corrected chi connectivity index (χ1v) is 6.24. The number of nitrogens with one attached hydrogen (secondary N) is 2. The number of nitrogens with zero attached hydrogens (tertiary/aromatic N) is 1. The molecule has 1 unspecified atom stereocenters. The average Bonchev–Trinajstić information content (AvgIpc) is 2.38. The molecule has 106 valence electrons. The highest BCUT2D eigenvalue weighted by molar-refractivity contribution is 5.75. The van der Waals surface area contributed by atoms with Crippen LogP contribution in [0.5, 0.6) is 0 Å². The van der Waals surface area contributed by atoms with Crippen molar-refractivity contribution in [3.63, 3.8) is 0 Å². The first kappa shape index (κ1) is 15.2. The second kappa shape index (κ2) is 7.52. The molecule has 1 atom stereocenters. The van der Waals surface area contributed by atoms with Gasteiger partial charge in [-0.1, -0.05) is 13.3 Å². The van der Waals surface area contributed by atoms with Crippen molar-refractivity contribution in [1.29, 1.82) is 0 Å². The Labute approximate surface area is 110 Å². The molecule has 0 fully saturated rings. The Morgan fingerprint density at radius 1 is 1.53 bits per heavy atom. The van der Waals surface area contributed by atoms with Gasteiger partial charge in [-0.15, -0.1) is 0 Å². The van der Waals surface area contributed by atoms with Gasteiger partial charge < -0.3 is 10.4 Å². The van der Waals surface area contributed by atoms with Gasteiger partial charge in [0.2, 0.25) is 5.91 Å². The second-order valence-corrected chi connectivity index (χ2v) is 4.33. The summed E-state index contributed by atoms with van der Waals surface area (Å²) in [4.78, 5) is 36.0. The molecular weight excluding hydrogens is 250 g/mol. The Bertz CT molecular complexity index is 520. The third-order valence-electron chi connectivity index (χ3n) is 2.91. The number of aliphatic hydroxyl groups excluding tert-OH is 1. The normalized spacial score (nSPS) is 12.1. The lowest BCUT2D eigenvalue weighted by atomic mass is 10.0. The molecule has 1 heterocycles.